The number of oxime groups is 1. The molecule has 2 unspecified atom stereocenters. The molecule has 0 amide bonds. The van der Waals surface area contributed by atoms with Crippen LogP contribution in [0.25, 0.3) is 0 Å². The molecule has 0 radical (unpaired) electrons. The van der Waals surface area contributed by atoms with Crippen molar-refractivity contribution in [1.29, 1.82) is 0 Å². The van der Waals surface area contributed by atoms with Gasteiger partial charge in [-0.25, -0.2) is 9.18 Å². The second kappa shape index (κ2) is 9.56. The Hall–Kier alpha value is -1.86. The molecule has 1 heterocycles. The third-order valence-electron chi connectivity index (χ3n) is 3.85. The van der Waals surface area contributed by atoms with E-state index in [9.17, 15) is 9.18 Å². The summed E-state index contributed by atoms with van der Waals surface area (Å²) in [5.41, 5.74) is 0.204. The number of benzene rings is 1. The van der Waals surface area contributed by atoms with Gasteiger partial charge in [0.2, 0.25) is 0 Å². The fourth-order valence-electron chi connectivity index (χ4n) is 2.48. The standard InChI is InChI=1S/C20H27ClFNO5/c1-6-7-8-25-17-11-26-23-18(17)13-9-14(21)15(22)10-16(13)27-12(2)19(24)28-20(3,4)5/h9-10,12,17H,6-8,11H2,1-5H3. The molecule has 28 heavy (non-hydrogen) atoms. The highest BCUT2D eigenvalue weighted by Crippen LogP contribution is 2.31. The molecular weight excluding hydrogens is 389 g/mol. The number of carbonyl (C=O) groups is 1. The largest absolute Gasteiger partial charge is 0.478 e. The Bertz CT molecular complexity index is 732. The van der Waals surface area contributed by atoms with Crippen LogP contribution in [0.4, 0.5) is 4.39 Å². The van der Waals surface area contributed by atoms with Crippen molar-refractivity contribution in [3.63, 3.8) is 0 Å². The van der Waals surface area contributed by atoms with Gasteiger partial charge in [-0.2, -0.15) is 0 Å². The highest BCUT2D eigenvalue weighted by molar-refractivity contribution is 6.31. The van der Waals surface area contributed by atoms with E-state index in [-0.39, 0.29) is 17.4 Å². The molecule has 0 bridgehead atoms. The van der Waals surface area contributed by atoms with Crippen LogP contribution in [-0.4, -0.2) is 42.7 Å². The number of esters is 1. The Morgan fingerprint density at radius 2 is 2.14 bits per heavy atom. The van der Waals surface area contributed by atoms with Crippen LogP contribution in [0.1, 0.15) is 53.0 Å². The van der Waals surface area contributed by atoms with Crippen LogP contribution >= 0.6 is 11.6 Å². The van der Waals surface area contributed by atoms with E-state index in [0.717, 1.165) is 18.9 Å². The maximum Gasteiger partial charge on any atom is 0.347 e. The minimum absolute atomic E-state index is 0.0887. The molecule has 1 aliphatic rings. The van der Waals surface area contributed by atoms with E-state index in [1.807, 2.05) is 0 Å². The van der Waals surface area contributed by atoms with E-state index >= 15 is 0 Å². The first-order valence-electron chi connectivity index (χ1n) is 9.32. The summed E-state index contributed by atoms with van der Waals surface area (Å²) >= 11 is 5.97. The van der Waals surface area contributed by atoms with Crippen molar-refractivity contribution >= 4 is 23.3 Å². The smallest absolute Gasteiger partial charge is 0.347 e. The lowest BCUT2D eigenvalue weighted by molar-refractivity contribution is -0.162. The average molecular weight is 416 g/mol. The van der Waals surface area contributed by atoms with Crippen LogP contribution in [0.3, 0.4) is 0 Å². The summed E-state index contributed by atoms with van der Waals surface area (Å²) in [6.07, 6.45) is 0.505. The molecule has 0 spiro atoms. The predicted octanol–water partition coefficient (Wildman–Crippen LogP) is 4.51. The Morgan fingerprint density at radius 3 is 2.79 bits per heavy atom. The Kier molecular flexibility index (Phi) is 7.66. The molecule has 0 aliphatic carbocycles. The molecule has 2 rings (SSSR count). The summed E-state index contributed by atoms with van der Waals surface area (Å²) in [6, 6.07) is 2.53. The van der Waals surface area contributed by atoms with Gasteiger partial charge in [0, 0.05) is 18.2 Å². The highest BCUT2D eigenvalue weighted by Gasteiger charge is 2.31. The van der Waals surface area contributed by atoms with Crippen molar-refractivity contribution in [2.24, 2.45) is 5.16 Å². The summed E-state index contributed by atoms with van der Waals surface area (Å²) in [5.74, 6) is -1.11. The molecule has 156 valence electrons. The van der Waals surface area contributed by atoms with Crippen molar-refractivity contribution in [3.8, 4) is 5.75 Å². The highest BCUT2D eigenvalue weighted by atomic mass is 35.5. The van der Waals surface area contributed by atoms with Crippen LogP contribution in [0.2, 0.25) is 5.02 Å². The zero-order chi connectivity index (χ0) is 20.9. The Labute approximate surface area is 169 Å². The molecule has 0 N–H and O–H groups in total. The first-order valence-corrected chi connectivity index (χ1v) is 9.70. The van der Waals surface area contributed by atoms with Crippen molar-refractivity contribution in [1.82, 2.24) is 0 Å². The first-order chi connectivity index (χ1) is 13.1. The molecule has 0 saturated carbocycles. The molecule has 1 aromatic carbocycles. The topological polar surface area (TPSA) is 66.3 Å². The number of halogens is 2. The van der Waals surface area contributed by atoms with Crippen molar-refractivity contribution < 1.29 is 28.2 Å². The van der Waals surface area contributed by atoms with E-state index in [1.165, 1.54) is 13.0 Å². The first kappa shape index (κ1) is 22.4. The number of rotatable bonds is 8. The van der Waals surface area contributed by atoms with E-state index in [4.69, 9.17) is 30.6 Å². The molecule has 6 nitrogen and oxygen atoms in total. The van der Waals surface area contributed by atoms with Crippen molar-refractivity contribution in [3.05, 3.63) is 28.5 Å². The van der Waals surface area contributed by atoms with E-state index < -0.39 is 29.6 Å². The monoisotopic (exact) mass is 415 g/mol. The van der Waals surface area contributed by atoms with Crippen LogP contribution in [-0.2, 0) is 19.1 Å². The molecule has 1 aliphatic heterocycles. The lowest BCUT2D eigenvalue weighted by Gasteiger charge is -2.23. The zero-order valence-electron chi connectivity index (χ0n) is 16.9. The van der Waals surface area contributed by atoms with Crippen LogP contribution < -0.4 is 4.74 Å². The second-order valence-corrected chi connectivity index (χ2v) is 7.95. The number of carbonyl (C=O) groups excluding carboxylic acids is 1. The molecule has 0 fully saturated rings. The quantitative estimate of drug-likeness (QED) is 0.461. The van der Waals surface area contributed by atoms with Gasteiger partial charge in [-0.3, -0.25) is 0 Å². The van der Waals surface area contributed by atoms with E-state index in [0.29, 0.717) is 17.9 Å². The van der Waals surface area contributed by atoms with Crippen molar-refractivity contribution in [2.75, 3.05) is 13.2 Å². The third kappa shape index (κ3) is 6.07. The third-order valence-corrected chi connectivity index (χ3v) is 4.14. The van der Waals surface area contributed by atoms with E-state index in [2.05, 4.69) is 12.1 Å². The number of hydrogen-bond donors (Lipinski definition) is 0. The minimum atomic E-state index is -0.957. The maximum atomic E-state index is 14.1. The van der Waals surface area contributed by atoms with Gasteiger partial charge >= 0.3 is 5.97 Å². The number of ether oxygens (including phenoxy) is 3. The normalized spacial score (nSPS) is 17.7. The van der Waals surface area contributed by atoms with Gasteiger partial charge in [0.05, 0.1) is 5.02 Å². The number of nitrogens with zero attached hydrogens (tertiary/aromatic N) is 1. The second-order valence-electron chi connectivity index (χ2n) is 7.54. The summed E-state index contributed by atoms with van der Waals surface area (Å²) in [7, 11) is 0. The van der Waals surface area contributed by atoms with E-state index in [1.54, 1.807) is 20.8 Å². The Morgan fingerprint density at radius 1 is 1.43 bits per heavy atom. The van der Waals surface area contributed by atoms with Gasteiger partial charge < -0.3 is 19.0 Å². The molecule has 8 heteroatoms. The fraction of sp³-hybridized carbons (Fsp3) is 0.600. The number of hydrogen-bond acceptors (Lipinski definition) is 6. The summed E-state index contributed by atoms with van der Waals surface area (Å²) in [5, 5.41) is 3.93. The minimum Gasteiger partial charge on any atom is -0.478 e. The van der Waals surface area contributed by atoms with Gasteiger partial charge in [0.25, 0.3) is 0 Å². The SMILES string of the molecule is CCCCOC1CON=C1c1cc(Cl)c(F)cc1OC(C)C(=O)OC(C)(C)C. The van der Waals surface area contributed by atoms with Crippen LogP contribution in [0, 0.1) is 5.82 Å². The molecule has 0 saturated heterocycles. The Balaban J connectivity index is 2.25. The predicted molar refractivity (Wildman–Crippen MR) is 104 cm³/mol. The summed E-state index contributed by atoms with van der Waals surface area (Å²) in [6.45, 7) is 9.66. The fourth-order valence-corrected chi connectivity index (χ4v) is 2.65. The van der Waals surface area contributed by atoms with Gasteiger partial charge in [-0.15, -0.1) is 0 Å². The lowest BCUT2D eigenvalue weighted by atomic mass is 10.0. The van der Waals surface area contributed by atoms with Gasteiger partial charge in [0.1, 0.15) is 35.6 Å². The lowest BCUT2D eigenvalue weighted by Crippen LogP contribution is -2.34. The van der Waals surface area contributed by atoms with Crippen molar-refractivity contribution in [2.45, 2.75) is 65.3 Å². The van der Waals surface area contributed by atoms with Gasteiger partial charge in [-0.05, 0) is 40.2 Å². The molecule has 0 aromatic heterocycles. The average Bonchev–Trinajstić information content (AvgIpc) is 3.05. The molecule has 2 atom stereocenters. The van der Waals surface area contributed by atoms with Gasteiger partial charge in [-0.1, -0.05) is 30.1 Å². The molecular formula is C20H27ClFNO5. The number of unbranched alkanes of at least 4 members (excludes halogenated alkanes) is 1. The molecule has 1 aromatic rings. The van der Waals surface area contributed by atoms with Crippen LogP contribution in [0.5, 0.6) is 5.75 Å². The van der Waals surface area contributed by atoms with Crippen LogP contribution in [0.15, 0.2) is 17.3 Å². The summed E-state index contributed by atoms with van der Waals surface area (Å²) in [4.78, 5) is 17.4. The maximum absolute atomic E-state index is 14.1. The zero-order valence-corrected chi connectivity index (χ0v) is 17.6. The summed E-state index contributed by atoms with van der Waals surface area (Å²) < 4.78 is 30.9. The van der Waals surface area contributed by atoms with Gasteiger partial charge in [0.15, 0.2) is 6.10 Å².